The van der Waals surface area contributed by atoms with Gasteiger partial charge in [0.2, 0.25) is 5.95 Å². The minimum absolute atomic E-state index is 0.433. The van der Waals surface area contributed by atoms with Crippen LogP contribution in [0.5, 0.6) is 0 Å². The Hall–Kier alpha value is -4.46. The highest BCUT2D eigenvalue weighted by Gasteiger charge is 2.06. The molecule has 0 unspecified atom stereocenters. The maximum Gasteiger partial charge on any atom is 0.295 e. The number of benzene rings is 2. The summed E-state index contributed by atoms with van der Waals surface area (Å²) in [4.78, 5) is 25.0. The fourth-order valence-electron chi connectivity index (χ4n) is 2.78. The Labute approximate surface area is 178 Å². The van der Waals surface area contributed by atoms with Crippen LogP contribution in [0.2, 0.25) is 0 Å². The summed E-state index contributed by atoms with van der Waals surface area (Å²) < 4.78 is 0. The van der Waals surface area contributed by atoms with E-state index in [1.165, 1.54) is 0 Å². The number of rotatable bonds is 6. The number of nitrogens with one attached hydrogen (secondary N) is 1. The van der Waals surface area contributed by atoms with E-state index in [0.29, 0.717) is 29.4 Å². The number of para-hydroxylation sites is 1. The van der Waals surface area contributed by atoms with Gasteiger partial charge in [0.05, 0.1) is 5.69 Å². The standard InChI is InChI=1S/C23H19N7O/c24-20-5-1-2-6-21(20)29-30-22(31)17-9-7-16(8-10-17)12-26-23-27-14-19(15-28-23)18-4-3-11-25-13-18/h1-11,13-15H,12,24H2,(H,26,27,28). The number of aromatic nitrogens is 3. The molecule has 0 aliphatic heterocycles. The molecule has 1 amide bonds. The van der Waals surface area contributed by atoms with Gasteiger partial charge in [-0.05, 0) is 35.9 Å². The molecule has 0 aliphatic carbocycles. The molecule has 8 nitrogen and oxygen atoms in total. The second-order valence-electron chi connectivity index (χ2n) is 6.65. The molecule has 2 aromatic heterocycles. The molecule has 8 heteroatoms. The van der Waals surface area contributed by atoms with Crippen LogP contribution in [0.4, 0.5) is 17.3 Å². The molecule has 0 fully saturated rings. The summed E-state index contributed by atoms with van der Waals surface area (Å²) in [6, 6.07) is 17.9. The third-order valence-electron chi connectivity index (χ3n) is 4.48. The lowest BCUT2D eigenvalue weighted by Crippen LogP contribution is -2.04. The summed E-state index contributed by atoms with van der Waals surface area (Å²) in [6.07, 6.45) is 6.99. The molecule has 0 aliphatic rings. The molecule has 0 radical (unpaired) electrons. The molecule has 0 spiro atoms. The Bertz CT molecular complexity index is 1190. The van der Waals surface area contributed by atoms with Crippen molar-refractivity contribution in [1.29, 1.82) is 0 Å². The molecule has 0 saturated heterocycles. The predicted molar refractivity (Wildman–Crippen MR) is 119 cm³/mol. The number of nitrogens with two attached hydrogens (primary N) is 1. The van der Waals surface area contributed by atoms with E-state index in [4.69, 9.17) is 5.73 Å². The second kappa shape index (κ2) is 9.36. The Morgan fingerprint density at radius 1 is 0.903 bits per heavy atom. The number of nitrogens with zero attached hydrogens (tertiary/aromatic N) is 5. The molecule has 152 valence electrons. The van der Waals surface area contributed by atoms with E-state index in [2.05, 4.69) is 30.5 Å². The van der Waals surface area contributed by atoms with Crippen molar-refractivity contribution in [3.63, 3.8) is 0 Å². The number of amides is 1. The number of carbonyl (C=O) groups excluding carboxylic acids is 1. The molecule has 0 bridgehead atoms. The van der Waals surface area contributed by atoms with Gasteiger partial charge in [-0.25, -0.2) is 9.97 Å². The summed E-state index contributed by atoms with van der Waals surface area (Å²) in [7, 11) is 0. The second-order valence-corrected chi connectivity index (χ2v) is 6.65. The van der Waals surface area contributed by atoms with Gasteiger partial charge in [0.1, 0.15) is 5.69 Å². The predicted octanol–water partition coefficient (Wildman–Crippen LogP) is 4.66. The van der Waals surface area contributed by atoms with E-state index in [1.807, 2.05) is 24.3 Å². The van der Waals surface area contributed by atoms with Crippen molar-refractivity contribution < 1.29 is 4.79 Å². The van der Waals surface area contributed by atoms with Crippen LogP contribution in [0.25, 0.3) is 11.1 Å². The monoisotopic (exact) mass is 409 g/mol. The fourth-order valence-corrected chi connectivity index (χ4v) is 2.78. The highest BCUT2D eigenvalue weighted by atomic mass is 16.1. The maximum absolute atomic E-state index is 12.2. The summed E-state index contributed by atoms with van der Waals surface area (Å²) in [5.74, 6) is 0.0825. The number of pyridine rings is 1. The first-order valence-electron chi connectivity index (χ1n) is 9.55. The Kier molecular flexibility index (Phi) is 5.99. The SMILES string of the molecule is Nc1ccccc1N=NC(=O)c1ccc(CNc2ncc(-c3cccnc3)cn2)cc1. The number of anilines is 2. The molecule has 0 saturated carbocycles. The number of azo groups is 1. The number of nitrogen functional groups attached to an aromatic ring is 1. The van der Waals surface area contributed by atoms with Crippen LogP contribution < -0.4 is 11.1 Å². The minimum Gasteiger partial charge on any atom is -0.397 e. The molecule has 4 rings (SSSR count). The van der Waals surface area contributed by atoms with Crippen LogP contribution in [0.3, 0.4) is 0 Å². The number of hydrogen-bond donors (Lipinski definition) is 2. The van der Waals surface area contributed by atoms with Gasteiger partial charge in [-0.15, -0.1) is 10.2 Å². The normalized spacial score (nSPS) is 10.8. The first-order chi connectivity index (χ1) is 15.2. The average molecular weight is 409 g/mol. The molecule has 2 aromatic carbocycles. The van der Waals surface area contributed by atoms with Crippen LogP contribution in [0, 0.1) is 0 Å². The van der Waals surface area contributed by atoms with Gasteiger partial charge in [0.25, 0.3) is 5.91 Å². The van der Waals surface area contributed by atoms with Crippen molar-refractivity contribution >= 4 is 23.2 Å². The van der Waals surface area contributed by atoms with Crippen molar-refractivity contribution in [2.45, 2.75) is 6.54 Å². The van der Waals surface area contributed by atoms with Gasteiger partial charge in [0, 0.05) is 48.0 Å². The number of carbonyl (C=O) groups is 1. The molecule has 0 atom stereocenters. The van der Waals surface area contributed by atoms with E-state index >= 15 is 0 Å². The van der Waals surface area contributed by atoms with Gasteiger partial charge in [0.15, 0.2) is 0 Å². The molecule has 2 heterocycles. The minimum atomic E-state index is -0.433. The zero-order chi connectivity index (χ0) is 21.5. The first-order valence-corrected chi connectivity index (χ1v) is 9.55. The van der Waals surface area contributed by atoms with Crippen LogP contribution in [-0.2, 0) is 6.54 Å². The molecular weight excluding hydrogens is 390 g/mol. The zero-order valence-corrected chi connectivity index (χ0v) is 16.5. The third kappa shape index (κ3) is 5.13. The lowest BCUT2D eigenvalue weighted by Gasteiger charge is -2.06. The lowest BCUT2D eigenvalue weighted by molar-refractivity contribution is 0.0995. The van der Waals surface area contributed by atoms with E-state index in [0.717, 1.165) is 16.7 Å². The Balaban J connectivity index is 1.34. The smallest absolute Gasteiger partial charge is 0.295 e. The Morgan fingerprint density at radius 3 is 2.39 bits per heavy atom. The molecule has 3 N–H and O–H groups in total. The molecular formula is C23H19N7O. The summed E-state index contributed by atoms with van der Waals surface area (Å²) >= 11 is 0. The van der Waals surface area contributed by atoms with Crippen LogP contribution >= 0.6 is 0 Å². The van der Waals surface area contributed by atoms with E-state index < -0.39 is 5.91 Å². The third-order valence-corrected chi connectivity index (χ3v) is 4.48. The quantitative estimate of drug-likeness (QED) is 0.353. The van der Waals surface area contributed by atoms with Gasteiger partial charge < -0.3 is 11.1 Å². The zero-order valence-electron chi connectivity index (χ0n) is 16.5. The first kappa shape index (κ1) is 19.8. The highest BCUT2D eigenvalue weighted by molar-refractivity contribution is 5.94. The summed E-state index contributed by atoms with van der Waals surface area (Å²) in [6.45, 7) is 0.517. The van der Waals surface area contributed by atoms with Crippen molar-refractivity contribution in [3.8, 4) is 11.1 Å². The van der Waals surface area contributed by atoms with Gasteiger partial charge in [-0.3, -0.25) is 9.78 Å². The van der Waals surface area contributed by atoms with Gasteiger partial charge in [-0.1, -0.05) is 30.3 Å². The van der Waals surface area contributed by atoms with Crippen molar-refractivity contribution in [2.75, 3.05) is 11.1 Å². The lowest BCUT2D eigenvalue weighted by atomic mass is 10.1. The average Bonchev–Trinajstić information content (AvgIpc) is 2.83. The van der Waals surface area contributed by atoms with E-state index in [1.54, 1.807) is 61.2 Å². The Morgan fingerprint density at radius 2 is 1.68 bits per heavy atom. The van der Waals surface area contributed by atoms with Gasteiger partial charge >= 0.3 is 0 Å². The van der Waals surface area contributed by atoms with Crippen LogP contribution in [0.15, 0.2) is 95.7 Å². The van der Waals surface area contributed by atoms with Crippen molar-refractivity contribution in [1.82, 2.24) is 15.0 Å². The van der Waals surface area contributed by atoms with Crippen LogP contribution in [0.1, 0.15) is 15.9 Å². The van der Waals surface area contributed by atoms with Gasteiger partial charge in [-0.2, -0.15) is 0 Å². The number of hydrogen-bond acceptors (Lipinski definition) is 7. The summed E-state index contributed by atoms with van der Waals surface area (Å²) in [5, 5.41) is 10.8. The molecule has 4 aromatic rings. The van der Waals surface area contributed by atoms with Crippen molar-refractivity contribution in [3.05, 3.63) is 96.6 Å². The topological polar surface area (TPSA) is 119 Å². The highest BCUT2D eigenvalue weighted by Crippen LogP contribution is 2.21. The van der Waals surface area contributed by atoms with Crippen LogP contribution in [-0.4, -0.2) is 20.9 Å². The fraction of sp³-hybridized carbons (Fsp3) is 0.0435. The largest absolute Gasteiger partial charge is 0.397 e. The van der Waals surface area contributed by atoms with E-state index in [-0.39, 0.29) is 0 Å². The van der Waals surface area contributed by atoms with E-state index in [9.17, 15) is 4.79 Å². The summed E-state index contributed by atoms with van der Waals surface area (Å²) in [5.41, 5.74) is 10.0. The maximum atomic E-state index is 12.2. The molecule has 31 heavy (non-hydrogen) atoms. The van der Waals surface area contributed by atoms with Crippen molar-refractivity contribution in [2.24, 2.45) is 10.2 Å².